The highest BCUT2D eigenvalue weighted by molar-refractivity contribution is 9.10. The van der Waals surface area contributed by atoms with E-state index in [1.165, 1.54) is 6.07 Å². The molecule has 4 aromatic rings. The summed E-state index contributed by atoms with van der Waals surface area (Å²) >= 11 is 15.6. The van der Waals surface area contributed by atoms with Crippen LogP contribution in [-0.2, 0) is 13.2 Å². The second-order valence-electron chi connectivity index (χ2n) is 7.62. The van der Waals surface area contributed by atoms with E-state index in [1.54, 1.807) is 36.4 Å². The van der Waals surface area contributed by atoms with Crippen molar-refractivity contribution < 1.29 is 24.1 Å². The van der Waals surface area contributed by atoms with E-state index >= 15 is 0 Å². The first-order valence-electron chi connectivity index (χ1n) is 11.3. The van der Waals surface area contributed by atoms with Crippen LogP contribution in [0.5, 0.6) is 17.2 Å². The van der Waals surface area contributed by atoms with Crippen LogP contribution in [0, 0.1) is 12.3 Å². The highest BCUT2D eigenvalue weighted by atomic mass is 79.9. The van der Waals surface area contributed by atoms with Gasteiger partial charge in [-0.1, -0.05) is 83.7 Å². The van der Waals surface area contributed by atoms with Crippen molar-refractivity contribution in [3.8, 4) is 29.6 Å². The standard InChI is InChI=1S/C21H16Cl2O4.C9H7BrO/c22-17-9-2-1-6-14(17)12-27-20-15(7-5-8-16(20)21(24)25)13-26-19-11-4-3-10-18(19)23;1-2-7-11-9-6-4-3-5-8(9)10/h1-11H,12-13H2,(H,24,25);1,3-6H,7H2. The third kappa shape index (κ3) is 8.46. The lowest BCUT2D eigenvalue weighted by Crippen LogP contribution is -2.08. The molecule has 0 unspecified atom stereocenters. The van der Waals surface area contributed by atoms with Crippen LogP contribution in [0.1, 0.15) is 21.5 Å². The minimum absolute atomic E-state index is 0.0577. The number of carbonyl (C=O) groups is 1. The van der Waals surface area contributed by atoms with Crippen LogP contribution in [0.25, 0.3) is 0 Å². The Labute approximate surface area is 240 Å². The van der Waals surface area contributed by atoms with Gasteiger partial charge in [0.05, 0.1) is 9.50 Å². The highest BCUT2D eigenvalue weighted by Gasteiger charge is 2.17. The van der Waals surface area contributed by atoms with Crippen LogP contribution < -0.4 is 14.2 Å². The molecule has 0 aromatic heterocycles. The predicted octanol–water partition coefficient (Wildman–Crippen LogP) is 8.31. The normalized spacial score (nSPS) is 9.95. The van der Waals surface area contributed by atoms with Crippen LogP contribution in [0.2, 0.25) is 10.0 Å². The van der Waals surface area contributed by atoms with Crippen molar-refractivity contribution in [1.29, 1.82) is 0 Å². The summed E-state index contributed by atoms with van der Waals surface area (Å²) in [4.78, 5) is 11.6. The molecule has 0 aliphatic heterocycles. The topological polar surface area (TPSA) is 65.0 Å². The molecule has 194 valence electrons. The van der Waals surface area contributed by atoms with E-state index in [1.807, 2.05) is 48.5 Å². The molecule has 0 spiro atoms. The van der Waals surface area contributed by atoms with Gasteiger partial charge in [-0.25, -0.2) is 4.79 Å². The molecule has 4 rings (SSSR count). The molecule has 0 heterocycles. The fourth-order valence-corrected chi connectivity index (χ4v) is 3.98. The summed E-state index contributed by atoms with van der Waals surface area (Å²) in [5, 5.41) is 10.5. The van der Waals surface area contributed by atoms with Crippen molar-refractivity contribution in [2.45, 2.75) is 13.2 Å². The first-order valence-corrected chi connectivity index (χ1v) is 12.8. The van der Waals surface area contributed by atoms with Crippen molar-refractivity contribution in [2.75, 3.05) is 6.61 Å². The third-order valence-electron chi connectivity index (χ3n) is 5.02. The maximum absolute atomic E-state index is 11.6. The number of carboxylic acids is 1. The molecule has 38 heavy (non-hydrogen) atoms. The van der Waals surface area contributed by atoms with E-state index in [0.717, 1.165) is 15.8 Å². The van der Waals surface area contributed by atoms with Crippen LogP contribution in [0.15, 0.2) is 95.5 Å². The van der Waals surface area contributed by atoms with E-state index in [9.17, 15) is 9.90 Å². The fourth-order valence-electron chi connectivity index (χ4n) is 3.20. The predicted molar refractivity (Wildman–Crippen MR) is 153 cm³/mol. The number of aromatic carboxylic acids is 1. The zero-order valence-electron chi connectivity index (χ0n) is 20.1. The minimum Gasteiger partial charge on any atom is -0.488 e. The van der Waals surface area contributed by atoms with Gasteiger partial charge in [-0.05, 0) is 52.3 Å². The number of terminal acetylenes is 1. The molecule has 0 fully saturated rings. The maximum atomic E-state index is 11.6. The van der Waals surface area contributed by atoms with Crippen LogP contribution >= 0.6 is 39.1 Å². The summed E-state index contributed by atoms with van der Waals surface area (Å²) in [6, 6.07) is 26.8. The summed E-state index contributed by atoms with van der Waals surface area (Å²) in [5.41, 5.74) is 1.42. The van der Waals surface area contributed by atoms with E-state index in [-0.39, 0.29) is 24.5 Å². The zero-order valence-corrected chi connectivity index (χ0v) is 23.2. The molecule has 4 aromatic carbocycles. The Morgan fingerprint density at radius 2 is 1.37 bits per heavy atom. The number of para-hydroxylation sites is 3. The first kappa shape index (κ1) is 28.9. The molecular formula is C30H23BrCl2O5. The van der Waals surface area contributed by atoms with E-state index in [0.29, 0.717) is 28.0 Å². The Bertz CT molecular complexity index is 1420. The smallest absolute Gasteiger partial charge is 0.339 e. The second-order valence-corrected chi connectivity index (χ2v) is 9.29. The Kier molecular flexibility index (Phi) is 11.4. The van der Waals surface area contributed by atoms with E-state index in [2.05, 4.69) is 21.9 Å². The lowest BCUT2D eigenvalue weighted by atomic mass is 10.1. The van der Waals surface area contributed by atoms with E-state index in [4.69, 9.17) is 43.8 Å². The summed E-state index contributed by atoms with van der Waals surface area (Å²) in [6.07, 6.45) is 5.04. The Morgan fingerprint density at radius 1 is 0.763 bits per heavy atom. The molecular weight excluding hydrogens is 591 g/mol. The monoisotopic (exact) mass is 612 g/mol. The molecule has 0 radical (unpaired) electrons. The van der Waals surface area contributed by atoms with E-state index < -0.39 is 5.97 Å². The minimum atomic E-state index is -1.08. The van der Waals surface area contributed by atoms with Gasteiger partial charge in [0.25, 0.3) is 0 Å². The van der Waals surface area contributed by atoms with Gasteiger partial charge in [0.2, 0.25) is 0 Å². The number of hydrogen-bond acceptors (Lipinski definition) is 4. The molecule has 0 saturated carbocycles. The fraction of sp³-hybridized carbons (Fsp3) is 0.100. The van der Waals surface area contributed by atoms with Crippen LogP contribution in [0.3, 0.4) is 0 Å². The molecule has 0 amide bonds. The number of benzene rings is 4. The molecule has 1 N–H and O–H groups in total. The lowest BCUT2D eigenvalue weighted by molar-refractivity contribution is 0.0691. The van der Waals surface area contributed by atoms with Crippen molar-refractivity contribution >= 4 is 45.1 Å². The van der Waals surface area contributed by atoms with Crippen molar-refractivity contribution in [2.24, 2.45) is 0 Å². The van der Waals surface area contributed by atoms with Crippen molar-refractivity contribution in [1.82, 2.24) is 0 Å². The van der Waals surface area contributed by atoms with Crippen molar-refractivity contribution in [3.63, 3.8) is 0 Å². The number of hydrogen-bond donors (Lipinski definition) is 1. The number of ether oxygens (including phenoxy) is 3. The summed E-state index contributed by atoms with van der Waals surface area (Å²) in [5.74, 6) is 2.86. The molecule has 0 atom stereocenters. The van der Waals surface area contributed by atoms with Gasteiger partial charge in [-0.3, -0.25) is 0 Å². The third-order valence-corrected chi connectivity index (χ3v) is 6.36. The van der Waals surface area contributed by atoms with Gasteiger partial charge < -0.3 is 19.3 Å². The quantitative estimate of drug-likeness (QED) is 0.192. The van der Waals surface area contributed by atoms with Gasteiger partial charge in [-0.2, -0.15) is 0 Å². The molecule has 0 bridgehead atoms. The number of rotatable bonds is 9. The lowest BCUT2D eigenvalue weighted by Gasteiger charge is -2.16. The molecule has 0 saturated heterocycles. The Balaban J connectivity index is 0.000000304. The Morgan fingerprint density at radius 3 is 2.03 bits per heavy atom. The average molecular weight is 614 g/mol. The average Bonchev–Trinajstić information content (AvgIpc) is 2.92. The molecule has 0 aliphatic carbocycles. The largest absolute Gasteiger partial charge is 0.488 e. The first-order chi connectivity index (χ1) is 18.4. The molecule has 5 nitrogen and oxygen atoms in total. The zero-order chi connectivity index (χ0) is 27.3. The Hall–Kier alpha value is -3.63. The van der Waals surface area contributed by atoms with Crippen LogP contribution in [0.4, 0.5) is 0 Å². The number of halogens is 3. The summed E-state index contributed by atoms with van der Waals surface area (Å²) in [6.45, 7) is 0.564. The summed E-state index contributed by atoms with van der Waals surface area (Å²) < 4.78 is 17.7. The van der Waals surface area contributed by atoms with Gasteiger partial charge in [0, 0.05) is 16.1 Å². The highest BCUT2D eigenvalue weighted by Crippen LogP contribution is 2.30. The molecule has 8 heteroatoms. The van der Waals surface area contributed by atoms with Gasteiger partial charge in [-0.15, -0.1) is 6.42 Å². The van der Waals surface area contributed by atoms with Gasteiger partial charge in [0.15, 0.2) is 0 Å². The van der Waals surface area contributed by atoms with Crippen LogP contribution in [-0.4, -0.2) is 17.7 Å². The maximum Gasteiger partial charge on any atom is 0.339 e. The van der Waals surface area contributed by atoms with Crippen molar-refractivity contribution in [3.05, 3.63) is 122 Å². The SMILES string of the molecule is C#CCOc1ccccc1Br.O=C(O)c1cccc(COc2ccccc2Cl)c1OCc1ccccc1Cl. The van der Waals surface area contributed by atoms with Gasteiger partial charge >= 0.3 is 5.97 Å². The van der Waals surface area contributed by atoms with Gasteiger partial charge in [0.1, 0.15) is 42.6 Å². The number of carboxylic acid groups (broad SMARTS) is 1. The molecule has 0 aliphatic rings. The second kappa shape index (κ2) is 14.9. The summed E-state index contributed by atoms with van der Waals surface area (Å²) in [7, 11) is 0.